The molecule has 6 nitrogen and oxygen atoms in total. The van der Waals surface area contributed by atoms with Crippen LogP contribution in [0.1, 0.15) is 12.0 Å². The fourth-order valence-electron chi connectivity index (χ4n) is 2.47. The monoisotopic (exact) mass is 365 g/mol. The number of hydrogen-bond acceptors (Lipinski definition) is 4. The van der Waals surface area contributed by atoms with E-state index in [0.29, 0.717) is 26.1 Å². The zero-order valence-corrected chi connectivity index (χ0v) is 14.6. The lowest BCUT2D eigenvalue weighted by Crippen LogP contribution is -2.55. The minimum atomic E-state index is -3.58. The number of hydrogen-bond donors (Lipinski definition) is 2. The molecular formula is C14H21ClFN3O3S. The van der Waals surface area contributed by atoms with Crippen LogP contribution >= 0.6 is 11.6 Å². The van der Waals surface area contributed by atoms with Crippen LogP contribution in [0.5, 0.6) is 0 Å². The summed E-state index contributed by atoms with van der Waals surface area (Å²) in [6.07, 6.45) is -0.347. The normalized spacial score (nSPS) is 23.4. The summed E-state index contributed by atoms with van der Waals surface area (Å²) in [6, 6.07) is 4.08. The Kier molecular flexibility index (Phi) is 5.99. The maximum Gasteiger partial charge on any atom is 0.279 e. The van der Waals surface area contributed by atoms with Gasteiger partial charge in [0.05, 0.1) is 17.2 Å². The van der Waals surface area contributed by atoms with Gasteiger partial charge in [-0.15, -0.1) is 0 Å². The first-order valence-electron chi connectivity index (χ1n) is 7.23. The lowest BCUT2D eigenvalue weighted by atomic mass is 10.0. The molecule has 0 unspecified atom stereocenters. The van der Waals surface area contributed by atoms with Gasteiger partial charge >= 0.3 is 0 Å². The summed E-state index contributed by atoms with van der Waals surface area (Å²) in [5.41, 5.74) is 0.756. The maximum absolute atomic E-state index is 13.5. The highest BCUT2D eigenvalue weighted by Gasteiger charge is 2.31. The van der Waals surface area contributed by atoms with E-state index in [9.17, 15) is 17.9 Å². The molecule has 2 N–H and O–H groups in total. The van der Waals surface area contributed by atoms with E-state index in [2.05, 4.69) is 4.72 Å². The third kappa shape index (κ3) is 4.85. The van der Waals surface area contributed by atoms with Crippen LogP contribution in [0.3, 0.4) is 0 Å². The van der Waals surface area contributed by atoms with Crippen molar-refractivity contribution in [3.63, 3.8) is 0 Å². The molecule has 1 heterocycles. The number of benzene rings is 1. The highest BCUT2D eigenvalue weighted by atomic mass is 35.5. The molecule has 0 radical (unpaired) electrons. The molecule has 1 aromatic rings. The van der Waals surface area contributed by atoms with E-state index >= 15 is 0 Å². The van der Waals surface area contributed by atoms with Gasteiger partial charge in [0.15, 0.2) is 0 Å². The minimum Gasteiger partial charge on any atom is -0.390 e. The molecule has 0 amide bonds. The molecule has 2 rings (SSSR count). The van der Waals surface area contributed by atoms with Gasteiger partial charge in [-0.1, -0.05) is 17.7 Å². The Morgan fingerprint density at radius 2 is 2.17 bits per heavy atom. The van der Waals surface area contributed by atoms with E-state index in [0.717, 1.165) is 9.87 Å². The molecule has 130 valence electrons. The maximum atomic E-state index is 13.5. The van der Waals surface area contributed by atoms with Crippen LogP contribution < -0.4 is 4.72 Å². The van der Waals surface area contributed by atoms with Crippen molar-refractivity contribution in [2.75, 3.05) is 27.2 Å². The molecule has 1 aliphatic rings. The standard InChI is InChI=1S/C14H21ClFN3O3S/c1-18(2)23(21,22)17-13-5-6-19(9-14(13)20)8-10-3-4-11(15)12(16)7-10/h3-4,7,13-14,17,20H,5-6,8-9H2,1-2H3/t13-,14-/m1/s1. The van der Waals surface area contributed by atoms with Crippen molar-refractivity contribution >= 4 is 21.8 Å². The van der Waals surface area contributed by atoms with Crippen LogP contribution in [-0.2, 0) is 16.8 Å². The quantitative estimate of drug-likeness (QED) is 0.810. The minimum absolute atomic E-state index is 0.0746. The Morgan fingerprint density at radius 3 is 2.74 bits per heavy atom. The molecule has 2 atom stereocenters. The molecule has 0 bridgehead atoms. The van der Waals surface area contributed by atoms with Gasteiger partial charge in [0.1, 0.15) is 5.82 Å². The molecule has 0 saturated carbocycles. The van der Waals surface area contributed by atoms with E-state index < -0.39 is 28.2 Å². The Bertz CT molecular complexity index is 657. The molecule has 1 aliphatic heterocycles. The molecule has 9 heteroatoms. The van der Waals surface area contributed by atoms with Crippen molar-refractivity contribution in [1.29, 1.82) is 0 Å². The number of aliphatic hydroxyl groups is 1. The Hall–Kier alpha value is -0.770. The van der Waals surface area contributed by atoms with Crippen molar-refractivity contribution in [2.45, 2.75) is 25.1 Å². The molecular weight excluding hydrogens is 345 g/mol. The summed E-state index contributed by atoms with van der Waals surface area (Å²) in [6.45, 7) is 1.38. The summed E-state index contributed by atoms with van der Waals surface area (Å²) in [4.78, 5) is 1.95. The van der Waals surface area contributed by atoms with Crippen LogP contribution in [0.4, 0.5) is 4.39 Å². The van der Waals surface area contributed by atoms with Crippen LogP contribution in [0.15, 0.2) is 18.2 Å². The van der Waals surface area contributed by atoms with E-state index in [1.807, 2.05) is 4.90 Å². The van der Waals surface area contributed by atoms with E-state index in [4.69, 9.17) is 11.6 Å². The van der Waals surface area contributed by atoms with Crippen molar-refractivity contribution in [3.05, 3.63) is 34.6 Å². The number of rotatable bonds is 5. The molecule has 1 fully saturated rings. The molecule has 0 spiro atoms. The summed E-state index contributed by atoms with van der Waals surface area (Å²) in [5.74, 6) is -0.474. The average molecular weight is 366 g/mol. The predicted molar refractivity (Wildman–Crippen MR) is 86.8 cm³/mol. The van der Waals surface area contributed by atoms with Gasteiger partial charge in [-0.25, -0.2) is 4.39 Å². The van der Waals surface area contributed by atoms with Gasteiger partial charge in [0.2, 0.25) is 0 Å². The van der Waals surface area contributed by atoms with Crippen molar-refractivity contribution in [2.24, 2.45) is 0 Å². The number of piperidine rings is 1. The Labute approximate surface area is 141 Å². The smallest absolute Gasteiger partial charge is 0.279 e. The summed E-state index contributed by atoms with van der Waals surface area (Å²) >= 11 is 5.65. The molecule has 23 heavy (non-hydrogen) atoms. The van der Waals surface area contributed by atoms with Crippen LogP contribution in [0.25, 0.3) is 0 Å². The van der Waals surface area contributed by atoms with Crippen LogP contribution in [0.2, 0.25) is 5.02 Å². The molecule has 1 aromatic carbocycles. The van der Waals surface area contributed by atoms with E-state index in [-0.39, 0.29) is 5.02 Å². The van der Waals surface area contributed by atoms with Crippen LogP contribution in [0, 0.1) is 5.82 Å². The van der Waals surface area contributed by atoms with Gasteiger partial charge in [-0.2, -0.15) is 17.4 Å². The molecule has 0 aliphatic carbocycles. The number of β-amino-alcohol motifs (C(OH)–C–C–N with tert-alkyl or cyclic N) is 1. The third-order valence-electron chi connectivity index (χ3n) is 3.84. The second kappa shape index (κ2) is 7.42. The van der Waals surface area contributed by atoms with Crippen molar-refractivity contribution < 1.29 is 17.9 Å². The van der Waals surface area contributed by atoms with Crippen molar-refractivity contribution in [3.8, 4) is 0 Å². The van der Waals surface area contributed by atoms with Crippen LogP contribution in [-0.4, -0.2) is 62.1 Å². The fraction of sp³-hybridized carbons (Fsp3) is 0.571. The van der Waals surface area contributed by atoms with Gasteiger partial charge in [-0.3, -0.25) is 4.90 Å². The highest BCUT2D eigenvalue weighted by Crippen LogP contribution is 2.19. The first-order chi connectivity index (χ1) is 10.7. The number of halogens is 2. The number of likely N-dealkylation sites (tertiary alicyclic amines) is 1. The van der Waals surface area contributed by atoms with Gasteiger partial charge in [0.25, 0.3) is 10.2 Å². The summed E-state index contributed by atoms with van der Waals surface area (Å²) in [5, 5.41) is 10.3. The topological polar surface area (TPSA) is 72.9 Å². The van der Waals surface area contributed by atoms with E-state index in [1.165, 1.54) is 26.2 Å². The van der Waals surface area contributed by atoms with Crippen molar-refractivity contribution in [1.82, 2.24) is 13.9 Å². The second-order valence-electron chi connectivity index (χ2n) is 5.85. The molecule has 1 saturated heterocycles. The fourth-order valence-corrected chi connectivity index (χ4v) is 3.46. The number of aliphatic hydroxyl groups excluding tert-OH is 1. The Balaban J connectivity index is 1.94. The SMILES string of the molecule is CN(C)S(=O)(=O)N[C@@H]1CCN(Cc2ccc(Cl)c(F)c2)C[C@H]1O. The zero-order chi connectivity index (χ0) is 17.2. The Morgan fingerprint density at radius 1 is 1.48 bits per heavy atom. The second-order valence-corrected chi connectivity index (χ2v) is 8.17. The molecule has 0 aromatic heterocycles. The first kappa shape index (κ1) is 18.6. The average Bonchev–Trinajstić information content (AvgIpc) is 2.45. The van der Waals surface area contributed by atoms with Gasteiger partial charge in [0, 0.05) is 33.7 Å². The zero-order valence-electron chi connectivity index (χ0n) is 13.0. The summed E-state index contributed by atoms with van der Waals surface area (Å²) < 4.78 is 40.7. The van der Waals surface area contributed by atoms with Gasteiger partial charge in [-0.05, 0) is 24.1 Å². The number of nitrogens with one attached hydrogen (secondary N) is 1. The third-order valence-corrected chi connectivity index (χ3v) is 5.71. The largest absolute Gasteiger partial charge is 0.390 e. The highest BCUT2D eigenvalue weighted by molar-refractivity contribution is 7.87. The number of nitrogens with zero attached hydrogens (tertiary/aromatic N) is 2. The van der Waals surface area contributed by atoms with E-state index in [1.54, 1.807) is 6.07 Å². The summed E-state index contributed by atoms with van der Waals surface area (Å²) in [7, 11) is -0.718. The van der Waals surface area contributed by atoms with Gasteiger partial charge < -0.3 is 5.11 Å². The first-order valence-corrected chi connectivity index (χ1v) is 9.05. The lowest BCUT2D eigenvalue weighted by molar-refractivity contribution is 0.0441. The lowest BCUT2D eigenvalue weighted by Gasteiger charge is -2.36. The predicted octanol–water partition coefficient (Wildman–Crippen LogP) is 0.810.